The molecule has 1 fully saturated rings. The number of nitrogens with zero attached hydrogens (tertiary/aromatic N) is 1. The van der Waals surface area contributed by atoms with Crippen molar-refractivity contribution in [2.24, 2.45) is 5.92 Å². The molecule has 0 aromatic heterocycles. The number of carbonyl (C=O) groups excluding carboxylic acids is 1. The summed E-state index contributed by atoms with van der Waals surface area (Å²) in [6, 6.07) is 5.70. The molecule has 0 unspecified atom stereocenters. The Morgan fingerprint density at radius 3 is 2.41 bits per heavy atom. The van der Waals surface area contributed by atoms with Gasteiger partial charge in [-0.25, -0.2) is 4.39 Å². The van der Waals surface area contributed by atoms with Crippen molar-refractivity contribution in [3.8, 4) is 0 Å². The van der Waals surface area contributed by atoms with Crippen LogP contribution in [0.2, 0.25) is 0 Å². The van der Waals surface area contributed by atoms with Crippen LogP contribution in [0.3, 0.4) is 0 Å². The molecule has 17 heavy (non-hydrogen) atoms. The molecule has 0 saturated carbocycles. The van der Waals surface area contributed by atoms with Crippen LogP contribution in [0.1, 0.15) is 23.2 Å². The van der Waals surface area contributed by atoms with Gasteiger partial charge in [0.25, 0.3) is 5.91 Å². The van der Waals surface area contributed by atoms with Crippen molar-refractivity contribution in [1.82, 2.24) is 4.90 Å². The van der Waals surface area contributed by atoms with Crippen LogP contribution in [0.15, 0.2) is 24.3 Å². The van der Waals surface area contributed by atoms with E-state index in [-0.39, 0.29) is 11.7 Å². The van der Waals surface area contributed by atoms with Gasteiger partial charge in [0.15, 0.2) is 0 Å². The van der Waals surface area contributed by atoms with Gasteiger partial charge in [0.2, 0.25) is 0 Å². The summed E-state index contributed by atoms with van der Waals surface area (Å²) < 4.78 is 12.7. The highest BCUT2D eigenvalue weighted by Crippen LogP contribution is 2.20. The molecule has 0 spiro atoms. The molecule has 1 aliphatic rings. The van der Waals surface area contributed by atoms with E-state index in [2.05, 4.69) is 0 Å². The Balaban J connectivity index is 1.99. The summed E-state index contributed by atoms with van der Waals surface area (Å²) in [7, 11) is 0. The minimum Gasteiger partial charge on any atom is -0.339 e. The van der Waals surface area contributed by atoms with E-state index in [9.17, 15) is 9.18 Å². The molecule has 0 N–H and O–H groups in total. The second kappa shape index (κ2) is 5.50. The molecule has 0 atom stereocenters. The smallest absolute Gasteiger partial charge is 0.253 e. The van der Waals surface area contributed by atoms with Gasteiger partial charge in [-0.15, -0.1) is 11.6 Å². The normalized spacial score (nSPS) is 17.2. The Hall–Kier alpha value is -1.09. The number of hydrogen-bond donors (Lipinski definition) is 0. The number of piperidine rings is 1. The van der Waals surface area contributed by atoms with Crippen molar-refractivity contribution in [3.63, 3.8) is 0 Å². The van der Waals surface area contributed by atoms with Gasteiger partial charge in [-0.05, 0) is 43.0 Å². The molecule has 1 aliphatic heterocycles. The van der Waals surface area contributed by atoms with E-state index in [4.69, 9.17) is 11.6 Å². The highest BCUT2D eigenvalue weighted by atomic mass is 35.5. The zero-order chi connectivity index (χ0) is 12.3. The summed E-state index contributed by atoms with van der Waals surface area (Å²) in [5, 5.41) is 0. The lowest BCUT2D eigenvalue weighted by molar-refractivity contribution is 0.0698. The Bertz CT molecular complexity index is 385. The van der Waals surface area contributed by atoms with E-state index in [0.29, 0.717) is 17.4 Å². The third-order valence-electron chi connectivity index (χ3n) is 3.21. The quantitative estimate of drug-likeness (QED) is 0.744. The number of likely N-dealkylation sites (tertiary alicyclic amines) is 1. The number of carbonyl (C=O) groups is 1. The van der Waals surface area contributed by atoms with E-state index in [0.717, 1.165) is 25.9 Å². The van der Waals surface area contributed by atoms with Crippen molar-refractivity contribution in [2.75, 3.05) is 19.0 Å². The van der Waals surface area contributed by atoms with Crippen LogP contribution in [-0.2, 0) is 0 Å². The van der Waals surface area contributed by atoms with Crippen LogP contribution in [0.5, 0.6) is 0 Å². The van der Waals surface area contributed by atoms with Gasteiger partial charge >= 0.3 is 0 Å². The van der Waals surface area contributed by atoms with Crippen LogP contribution in [0, 0.1) is 11.7 Å². The van der Waals surface area contributed by atoms with Gasteiger partial charge in [-0.2, -0.15) is 0 Å². The Morgan fingerprint density at radius 1 is 1.29 bits per heavy atom. The van der Waals surface area contributed by atoms with E-state index in [1.807, 2.05) is 4.90 Å². The van der Waals surface area contributed by atoms with Crippen molar-refractivity contribution in [1.29, 1.82) is 0 Å². The van der Waals surface area contributed by atoms with Crippen LogP contribution < -0.4 is 0 Å². The average molecular weight is 256 g/mol. The second-order valence-electron chi connectivity index (χ2n) is 4.40. The van der Waals surface area contributed by atoms with E-state index in [1.165, 1.54) is 24.3 Å². The van der Waals surface area contributed by atoms with Gasteiger partial charge in [0, 0.05) is 24.5 Å². The molecular weight excluding hydrogens is 241 g/mol. The summed E-state index contributed by atoms with van der Waals surface area (Å²) in [5.74, 6) is 0.854. The number of alkyl halides is 1. The Morgan fingerprint density at radius 2 is 1.88 bits per heavy atom. The minimum absolute atomic E-state index is 0.0157. The lowest BCUT2D eigenvalue weighted by Crippen LogP contribution is -2.38. The van der Waals surface area contributed by atoms with Crippen LogP contribution in [-0.4, -0.2) is 29.8 Å². The highest BCUT2D eigenvalue weighted by molar-refractivity contribution is 6.18. The molecule has 1 saturated heterocycles. The molecule has 1 heterocycles. The maximum atomic E-state index is 12.7. The minimum atomic E-state index is -0.317. The third kappa shape index (κ3) is 2.97. The summed E-state index contributed by atoms with van der Waals surface area (Å²) in [4.78, 5) is 13.9. The predicted octanol–water partition coefficient (Wildman–Crippen LogP) is 2.92. The molecule has 2 nitrogen and oxygen atoms in total. The molecule has 4 heteroatoms. The Labute approximate surface area is 105 Å². The van der Waals surface area contributed by atoms with Crippen LogP contribution in [0.25, 0.3) is 0 Å². The average Bonchev–Trinajstić information content (AvgIpc) is 2.39. The first kappa shape index (κ1) is 12.4. The van der Waals surface area contributed by atoms with Gasteiger partial charge < -0.3 is 4.90 Å². The van der Waals surface area contributed by atoms with Crippen LogP contribution >= 0.6 is 11.6 Å². The molecule has 1 amide bonds. The first-order valence-electron chi connectivity index (χ1n) is 5.81. The molecule has 0 bridgehead atoms. The van der Waals surface area contributed by atoms with E-state index in [1.54, 1.807) is 0 Å². The van der Waals surface area contributed by atoms with Gasteiger partial charge in [0.05, 0.1) is 0 Å². The SMILES string of the molecule is O=C(c1ccc(F)cc1)N1CCC(CCl)CC1. The van der Waals surface area contributed by atoms with E-state index < -0.39 is 0 Å². The summed E-state index contributed by atoms with van der Waals surface area (Å²) in [5.41, 5.74) is 0.552. The summed E-state index contributed by atoms with van der Waals surface area (Å²) in [6.45, 7) is 1.49. The molecule has 2 rings (SSSR count). The Kier molecular flexibility index (Phi) is 4.00. The summed E-state index contributed by atoms with van der Waals surface area (Å²) in [6.07, 6.45) is 1.91. The largest absolute Gasteiger partial charge is 0.339 e. The van der Waals surface area contributed by atoms with Gasteiger partial charge in [-0.1, -0.05) is 0 Å². The molecule has 1 aromatic carbocycles. The summed E-state index contributed by atoms with van der Waals surface area (Å²) >= 11 is 5.80. The fraction of sp³-hybridized carbons (Fsp3) is 0.462. The lowest BCUT2D eigenvalue weighted by Gasteiger charge is -2.31. The number of halogens is 2. The standard InChI is InChI=1S/C13H15ClFNO/c14-9-10-5-7-16(8-6-10)13(17)11-1-3-12(15)4-2-11/h1-4,10H,5-9H2. The fourth-order valence-electron chi connectivity index (χ4n) is 2.07. The monoisotopic (exact) mass is 255 g/mol. The van der Waals surface area contributed by atoms with E-state index >= 15 is 0 Å². The third-order valence-corrected chi connectivity index (χ3v) is 3.65. The zero-order valence-electron chi connectivity index (χ0n) is 9.53. The molecule has 92 valence electrons. The number of benzene rings is 1. The maximum Gasteiger partial charge on any atom is 0.253 e. The molecule has 0 radical (unpaired) electrons. The van der Waals surface area contributed by atoms with Gasteiger partial charge in [0.1, 0.15) is 5.82 Å². The topological polar surface area (TPSA) is 20.3 Å². The number of amides is 1. The highest BCUT2D eigenvalue weighted by Gasteiger charge is 2.22. The number of rotatable bonds is 2. The predicted molar refractivity (Wildman–Crippen MR) is 65.7 cm³/mol. The van der Waals surface area contributed by atoms with Crippen LogP contribution in [0.4, 0.5) is 4.39 Å². The molecule has 1 aromatic rings. The first-order valence-corrected chi connectivity index (χ1v) is 6.35. The van der Waals surface area contributed by atoms with Crippen molar-refractivity contribution in [2.45, 2.75) is 12.8 Å². The zero-order valence-corrected chi connectivity index (χ0v) is 10.3. The fourth-order valence-corrected chi connectivity index (χ4v) is 2.37. The maximum absolute atomic E-state index is 12.7. The first-order chi connectivity index (χ1) is 8.20. The van der Waals surface area contributed by atoms with Crippen molar-refractivity contribution < 1.29 is 9.18 Å². The second-order valence-corrected chi connectivity index (χ2v) is 4.71. The molecule has 0 aliphatic carbocycles. The van der Waals surface area contributed by atoms with Crippen molar-refractivity contribution in [3.05, 3.63) is 35.6 Å². The lowest BCUT2D eigenvalue weighted by atomic mass is 9.98. The number of hydrogen-bond acceptors (Lipinski definition) is 1. The van der Waals surface area contributed by atoms with Gasteiger partial charge in [-0.3, -0.25) is 4.79 Å². The van der Waals surface area contributed by atoms with Crippen molar-refractivity contribution >= 4 is 17.5 Å². The molecular formula is C13H15ClFNO.